The summed E-state index contributed by atoms with van der Waals surface area (Å²) in [4.78, 5) is 4.45. The molecule has 2 aromatic rings. The number of likely N-dealkylation sites (N-methyl/N-ethyl adjacent to an activating group) is 1. The topological polar surface area (TPSA) is 42.4 Å². The van der Waals surface area contributed by atoms with E-state index in [0.717, 1.165) is 46.2 Å². The van der Waals surface area contributed by atoms with E-state index in [0.29, 0.717) is 5.92 Å². The fourth-order valence-corrected chi connectivity index (χ4v) is 4.73. The molecule has 0 radical (unpaired) electrons. The van der Waals surface area contributed by atoms with Crippen LogP contribution in [-0.2, 0) is 21.1 Å². The number of aliphatic hydroxyl groups is 1. The molecule has 4 atom stereocenters. The zero-order valence-electron chi connectivity index (χ0n) is 15.9. The molecule has 0 spiro atoms. The van der Waals surface area contributed by atoms with Gasteiger partial charge in [0.05, 0.1) is 25.7 Å². The number of aliphatic hydroxyl groups excluding tert-OH is 1. The molecule has 3 aliphatic rings. The first kappa shape index (κ1) is 21.3. The summed E-state index contributed by atoms with van der Waals surface area (Å²) in [5.41, 5.74) is 1.90. The number of rotatable bonds is 4. The third-order valence-corrected chi connectivity index (χ3v) is 6.29. The van der Waals surface area contributed by atoms with E-state index in [1.807, 2.05) is 30.5 Å². The van der Waals surface area contributed by atoms with Gasteiger partial charge < -0.3 is 21.8 Å². The van der Waals surface area contributed by atoms with Crippen LogP contribution in [0.25, 0.3) is 10.9 Å². The average Bonchev–Trinajstić information content (AvgIpc) is 2.67. The van der Waals surface area contributed by atoms with Crippen molar-refractivity contribution in [2.45, 2.75) is 31.9 Å². The molecule has 26 heavy (non-hydrogen) atoms. The smallest absolute Gasteiger partial charge is 0.131 e. The van der Waals surface area contributed by atoms with Gasteiger partial charge in [-0.2, -0.15) is 5.92 Å². The van der Waals surface area contributed by atoms with Crippen molar-refractivity contribution in [2.75, 3.05) is 26.7 Å². The van der Waals surface area contributed by atoms with Crippen molar-refractivity contribution in [1.29, 1.82) is 0 Å². The quantitative estimate of drug-likeness (QED) is 0.491. The van der Waals surface area contributed by atoms with Crippen LogP contribution in [0.4, 0.5) is 0 Å². The molecule has 2 bridgehead atoms. The van der Waals surface area contributed by atoms with Gasteiger partial charge in [-0.1, -0.05) is 0 Å². The molecule has 1 aromatic carbocycles. The Kier molecular flexibility index (Phi) is 6.87. The van der Waals surface area contributed by atoms with Crippen LogP contribution < -0.4 is 4.74 Å². The SMILES string of the molecule is CC[N+]12C[CH-]C(CC1)CC2[C@H](O)c1ccnc2ccc(OC)cc12.[CH3-].[W]. The second-order valence-electron chi connectivity index (χ2n) is 7.26. The molecular formula is C21H29N2O2W-. The summed E-state index contributed by atoms with van der Waals surface area (Å²) in [6.07, 6.45) is 6.18. The monoisotopic (exact) mass is 525 g/mol. The Morgan fingerprint density at radius 2 is 2.19 bits per heavy atom. The molecule has 3 fully saturated rings. The van der Waals surface area contributed by atoms with E-state index in [-0.39, 0.29) is 34.5 Å². The molecule has 5 rings (SSSR count). The number of pyridine rings is 1. The van der Waals surface area contributed by atoms with Crippen LogP contribution in [-0.4, -0.2) is 47.4 Å². The summed E-state index contributed by atoms with van der Waals surface area (Å²) in [7, 11) is 1.67. The van der Waals surface area contributed by atoms with Gasteiger partial charge in [0.15, 0.2) is 0 Å². The fourth-order valence-electron chi connectivity index (χ4n) is 4.73. The molecule has 142 valence electrons. The maximum Gasteiger partial charge on any atom is 0.131 e. The Morgan fingerprint density at radius 3 is 2.85 bits per heavy atom. The first-order chi connectivity index (χ1) is 11.7. The number of quaternary nitrogens is 1. The standard InChI is InChI=1S/C20H26N2O2.CH3.W/c1-3-22-10-7-14(8-11-22)12-19(22)20(23)16-6-9-21-18-5-4-15(24-2)13-17(16)18;;/h4-7,9,13-14,19-20,23H,3,8,10-12H2,1-2H3;1H3;/q;-1;/t14?,19?,20-,22?;;/m1../s1. The summed E-state index contributed by atoms with van der Waals surface area (Å²) in [5, 5.41) is 12.3. The van der Waals surface area contributed by atoms with Crippen molar-refractivity contribution in [2.24, 2.45) is 5.92 Å². The van der Waals surface area contributed by atoms with E-state index < -0.39 is 6.10 Å². The predicted octanol–water partition coefficient (Wildman–Crippen LogP) is 3.56. The van der Waals surface area contributed by atoms with Gasteiger partial charge in [0.2, 0.25) is 0 Å². The van der Waals surface area contributed by atoms with Gasteiger partial charge in [-0.15, -0.1) is 0 Å². The number of piperidine rings is 3. The summed E-state index contributed by atoms with van der Waals surface area (Å²) in [5.74, 6) is 1.47. The van der Waals surface area contributed by atoms with Gasteiger partial charge in [0.25, 0.3) is 0 Å². The number of aromatic nitrogens is 1. The molecule has 1 aromatic heterocycles. The Labute approximate surface area is 171 Å². The van der Waals surface area contributed by atoms with Gasteiger partial charge in [0, 0.05) is 32.6 Å². The number of nitrogens with zero attached hydrogens (tertiary/aromatic N) is 2. The maximum absolute atomic E-state index is 11.3. The number of hydrogen-bond acceptors (Lipinski definition) is 3. The predicted molar refractivity (Wildman–Crippen MR) is 101 cm³/mol. The van der Waals surface area contributed by atoms with Crippen LogP contribution in [0.2, 0.25) is 0 Å². The molecule has 4 heterocycles. The third-order valence-electron chi connectivity index (χ3n) is 6.29. The van der Waals surface area contributed by atoms with E-state index in [1.165, 1.54) is 13.0 Å². The normalized spacial score (nSPS) is 28.1. The summed E-state index contributed by atoms with van der Waals surface area (Å²) >= 11 is 0. The van der Waals surface area contributed by atoms with Crippen LogP contribution in [0.5, 0.6) is 5.75 Å². The van der Waals surface area contributed by atoms with Gasteiger partial charge in [-0.05, 0) is 56.1 Å². The Hall–Kier alpha value is -0.962. The average molecular weight is 525 g/mol. The number of benzene rings is 1. The molecule has 3 aliphatic heterocycles. The number of methoxy groups -OCH3 is 1. The minimum atomic E-state index is -0.459. The van der Waals surface area contributed by atoms with Crippen molar-refractivity contribution in [3.63, 3.8) is 0 Å². The molecule has 0 aliphatic carbocycles. The Balaban J connectivity index is 0.00000121. The van der Waals surface area contributed by atoms with Crippen molar-refractivity contribution in [3.8, 4) is 5.75 Å². The Morgan fingerprint density at radius 1 is 1.38 bits per heavy atom. The minimum Gasteiger partial charge on any atom is -0.497 e. The molecule has 3 saturated heterocycles. The van der Waals surface area contributed by atoms with E-state index in [2.05, 4.69) is 18.3 Å². The molecule has 1 N–H and O–H groups in total. The summed E-state index contributed by atoms with van der Waals surface area (Å²) in [6, 6.07) is 8.14. The van der Waals surface area contributed by atoms with Gasteiger partial charge in [-0.25, -0.2) is 0 Å². The van der Waals surface area contributed by atoms with Gasteiger partial charge in [0.1, 0.15) is 17.9 Å². The van der Waals surface area contributed by atoms with Crippen molar-refractivity contribution >= 4 is 10.9 Å². The van der Waals surface area contributed by atoms with Crippen molar-refractivity contribution < 1.29 is 35.4 Å². The van der Waals surface area contributed by atoms with Crippen LogP contribution in [0.15, 0.2) is 30.5 Å². The van der Waals surface area contributed by atoms with Crippen molar-refractivity contribution in [3.05, 3.63) is 49.9 Å². The van der Waals surface area contributed by atoms with E-state index >= 15 is 0 Å². The maximum atomic E-state index is 11.3. The zero-order valence-corrected chi connectivity index (χ0v) is 18.8. The molecular weight excluding hydrogens is 496 g/mol. The zero-order chi connectivity index (χ0) is 16.7. The molecule has 5 heteroatoms. The minimum absolute atomic E-state index is 0. The molecule has 0 saturated carbocycles. The van der Waals surface area contributed by atoms with E-state index in [1.54, 1.807) is 7.11 Å². The summed E-state index contributed by atoms with van der Waals surface area (Å²) < 4.78 is 6.39. The van der Waals surface area contributed by atoms with E-state index in [9.17, 15) is 5.11 Å². The second kappa shape index (κ2) is 8.37. The molecule has 3 unspecified atom stereocenters. The largest absolute Gasteiger partial charge is 0.497 e. The third kappa shape index (κ3) is 3.44. The van der Waals surface area contributed by atoms with Gasteiger partial charge >= 0.3 is 0 Å². The number of hydrogen-bond donors (Lipinski definition) is 1. The molecule has 4 nitrogen and oxygen atoms in total. The van der Waals surface area contributed by atoms with Crippen LogP contribution in [0.1, 0.15) is 31.4 Å². The number of ether oxygens (including phenoxy) is 1. The van der Waals surface area contributed by atoms with Crippen LogP contribution >= 0.6 is 0 Å². The van der Waals surface area contributed by atoms with Crippen LogP contribution in [0, 0.1) is 19.8 Å². The second-order valence-corrected chi connectivity index (χ2v) is 7.26. The van der Waals surface area contributed by atoms with Gasteiger partial charge in [-0.3, -0.25) is 11.4 Å². The first-order valence-electron chi connectivity index (χ1n) is 8.96. The Bertz CT molecular complexity index is 744. The van der Waals surface area contributed by atoms with E-state index in [4.69, 9.17) is 4.74 Å². The fraction of sp³-hybridized carbons (Fsp3) is 0.476. The van der Waals surface area contributed by atoms with Crippen molar-refractivity contribution in [1.82, 2.24) is 4.98 Å². The van der Waals surface area contributed by atoms with Crippen LogP contribution in [0.3, 0.4) is 0 Å². The number of fused-ring (bicyclic) bond motifs is 4. The summed E-state index contributed by atoms with van der Waals surface area (Å²) in [6.45, 7) is 5.62. The molecule has 0 amide bonds. The first-order valence-corrected chi connectivity index (χ1v) is 8.96.